The summed E-state index contributed by atoms with van der Waals surface area (Å²) in [4.78, 5) is 31.4. The molecule has 5 aromatic carbocycles. The van der Waals surface area contributed by atoms with Crippen molar-refractivity contribution in [2.24, 2.45) is 5.73 Å². The van der Waals surface area contributed by atoms with E-state index in [9.17, 15) is 9.59 Å². The highest BCUT2D eigenvalue weighted by atomic mass is 79.9. The minimum Gasteiger partial charge on any atom is -0.361 e. The van der Waals surface area contributed by atoms with Crippen LogP contribution in [-0.2, 0) is 25.8 Å². The molecule has 7 N–H and O–H groups in total. The van der Waals surface area contributed by atoms with Crippen molar-refractivity contribution in [2.75, 3.05) is 10.6 Å². The number of nitriles is 4. The number of carbonyl (C=O) groups excluding carboxylic acids is 2. The molecule has 0 saturated carbocycles. The number of alkyl halides is 2. The summed E-state index contributed by atoms with van der Waals surface area (Å²) in [5.74, 6) is -0.178. The van der Waals surface area contributed by atoms with E-state index in [1.165, 1.54) is 0 Å². The summed E-state index contributed by atoms with van der Waals surface area (Å²) < 4.78 is -0.901. The second-order valence-electron chi connectivity index (χ2n) is 13.3. The predicted molar refractivity (Wildman–Crippen MR) is 245 cm³/mol. The van der Waals surface area contributed by atoms with E-state index in [-0.39, 0.29) is 11.8 Å². The van der Waals surface area contributed by atoms with E-state index in [0.29, 0.717) is 45.5 Å². The Labute approximate surface area is 375 Å². The molecule has 0 radical (unpaired) electrons. The van der Waals surface area contributed by atoms with Gasteiger partial charge in [0.1, 0.15) is 10.3 Å². The van der Waals surface area contributed by atoms with Crippen LogP contribution in [0.4, 0.5) is 11.4 Å². The molecule has 300 valence electrons. The van der Waals surface area contributed by atoms with E-state index in [0.717, 1.165) is 60.8 Å². The van der Waals surface area contributed by atoms with Gasteiger partial charge in [-0.1, -0.05) is 61.1 Å². The van der Waals surface area contributed by atoms with Gasteiger partial charge in [0.2, 0.25) is 5.91 Å². The third-order valence-electron chi connectivity index (χ3n) is 9.17. The molecular weight excluding hydrogens is 943 g/mol. The van der Waals surface area contributed by atoms with Crippen LogP contribution in [0.2, 0.25) is 10.3 Å². The van der Waals surface area contributed by atoms with Crippen LogP contribution < -0.4 is 16.4 Å². The van der Waals surface area contributed by atoms with Crippen molar-refractivity contribution in [3.63, 3.8) is 0 Å². The van der Waals surface area contributed by atoms with Gasteiger partial charge in [0.05, 0.1) is 53.0 Å². The number of nitrogens with two attached hydrogens (primary N) is 1. The standard InChI is InChI=1S/C9H4Br2N2O.C9H9ClN2.C9H5ClN2.C9H6N2O.C9H6N2/c10-9(11)6-3-5(4-12)1-2-7(6)13-8(9)14;2*10-9-4-7-3-6(5-11)1-2-8(7)12-9;10-5-6-1-2-8-7(3-6)4-9(12)11-8;10-6-7-1-2-9-8(5-7)3-4-11-9/h1-3H,(H,13,14);1-4,12H,5,11H2;1-4,12H;1-3H,4H2,(H,11,12);1-5,11H. The van der Waals surface area contributed by atoms with Gasteiger partial charge in [-0.15, -0.1) is 0 Å². The van der Waals surface area contributed by atoms with Crippen LogP contribution in [0.3, 0.4) is 0 Å². The van der Waals surface area contributed by atoms with Crippen molar-refractivity contribution in [2.45, 2.75) is 16.2 Å². The van der Waals surface area contributed by atoms with E-state index in [1.54, 1.807) is 60.7 Å². The molecule has 2 amide bonds. The summed E-state index contributed by atoms with van der Waals surface area (Å²) in [7, 11) is 0. The van der Waals surface area contributed by atoms with Crippen LogP contribution in [0.1, 0.15) is 38.9 Å². The first-order valence-corrected chi connectivity index (χ1v) is 20.4. The largest absolute Gasteiger partial charge is 0.361 e. The fourth-order valence-electron chi connectivity index (χ4n) is 6.17. The lowest BCUT2D eigenvalue weighted by Gasteiger charge is -2.09. The molecule has 0 saturated heterocycles. The minimum atomic E-state index is -0.901. The van der Waals surface area contributed by atoms with Crippen molar-refractivity contribution in [3.05, 3.63) is 165 Å². The van der Waals surface area contributed by atoms with E-state index in [2.05, 4.69) is 69.6 Å². The maximum absolute atomic E-state index is 11.5. The highest BCUT2D eigenvalue weighted by Crippen LogP contribution is 2.47. The average Bonchev–Trinajstić information content (AvgIpc) is 4.10. The lowest BCUT2D eigenvalue weighted by Crippen LogP contribution is -2.20. The lowest BCUT2D eigenvalue weighted by molar-refractivity contribution is -0.116. The molecule has 3 aromatic heterocycles. The Balaban J connectivity index is 0.000000128. The second-order valence-corrected chi connectivity index (χ2v) is 17.5. The topological polar surface area (TPSA) is 227 Å². The van der Waals surface area contributed by atoms with Gasteiger partial charge in [-0.25, -0.2) is 0 Å². The van der Waals surface area contributed by atoms with Gasteiger partial charge >= 0.3 is 0 Å². The first-order valence-electron chi connectivity index (χ1n) is 18.0. The molecule has 10 rings (SSSR count). The molecule has 61 heavy (non-hydrogen) atoms. The number of hydrogen-bond acceptors (Lipinski definition) is 7. The highest BCUT2D eigenvalue weighted by molar-refractivity contribution is 9.25. The number of H-pyrrole nitrogens is 3. The van der Waals surface area contributed by atoms with Gasteiger partial charge in [0, 0.05) is 62.4 Å². The Morgan fingerprint density at radius 3 is 1.75 bits per heavy atom. The predicted octanol–water partition coefficient (Wildman–Crippen LogP) is 10.5. The fourth-order valence-corrected chi connectivity index (χ4v) is 7.46. The summed E-state index contributed by atoms with van der Waals surface area (Å²) in [6.45, 7) is 0.568. The Hall–Kier alpha value is -6.88. The lowest BCUT2D eigenvalue weighted by atomic mass is 10.1. The summed E-state index contributed by atoms with van der Waals surface area (Å²) in [6, 6.07) is 41.2. The van der Waals surface area contributed by atoms with Gasteiger partial charge in [0.25, 0.3) is 5.91 Å². The molecule has 12 nitrogen and oxygen atoms in total. The molecule has 0 atom stereocenters. The Bertz CT molecular complexity index is 3120. The number of anilines is 2. The number of aromatic amines is 3. The maximum atomic E-state index is 11.5. The van der Waals surface area contributed by atoms with E-state index in [4.69, 9.17) is 50.0 Å². The SMILES string of the molecule is N#Cc1ccc2[nH]c(Cl)cc2c1.N#Cc1ccc2[nH]ccc2c1.N#Cc1ccc2c(c1)C(Br)(Br)C(=O)N2.N#Cc1ccc2c(c1)CC(=O)N2.NCc1ccc2[nH]c(Cl)cc2c1. The van der Waals surface area contributed by atoms with Crippen LogP contribution >= 0.6 is 55.1 Å². The Morgan fingerprint density at radius 2 is 1.13 bits per heavy atom. The number of nitrogens with one attached hydrogen (secondary N) is 5. The normalized spacial score (nSPS) is 12.4. The minimum absolute atomic E-state index is 0.0000831. The number of carbonyl (C=O) groups is 2. The summed E-state index contributed by atoms with van der Waals surface area (Å²) in [5, 5.41) is 44.3. The number of halogens is 4. The van der Waals surface area contributed by atoms with Crippen molar-refractivity contribution in [1.29, 1.82) is 21.0 Å². The van der Waals surface area contributed by atoms with Gasteiger partial charge in [-0.2, -0.15) is 21.0 Å². The zero-order valence-corrected chi connectivity index (χ0v) is 36.3. The number of benzene rings is 5. The third kappa shape index (κ3) is 10.7. The van der Waals surface area contributed by atoms with Crippen LogP contribution in [0.25, 0.3) is 32.7 Å². The van der Waals surface area contributed by atoms with Crippen molar-refractivity contribution < 1.29 is 9.59 Å². The zero-order valence-electron chi connectivity index (χ0n) is 31.6. The summed E-state index contributed by atoms with van der Waals surface area (Å²) in [6.07, 6.45) is 2.26. The van der Waals surface area contributed by atoms with Crippen molar-refractivity contribution >= 4 is 111 Å². The molecule has 0 unspecified atom stereocenters. The van der Waals surface area contributed by atoms with Gasteiger partial charge in [-0.3, -0.25) is 9.59 Å². The van der Waals surface area contributed by atoms with Crippen molar-refractivity contribution in [3.8, 4) is 24.3 Å². The smallest absolute Gasteiger partial charge is 0.256 e. The van der Waals surface area contributed by atoms with Crippen LogP contribution in [0.15, 0.2) is 115 Å². The molecule has 8 aromatic rings. The third-order valence-corrected chi connectivity index (χ3v) is 11.1. The monoisotopic (exact) mass is 970 g/mol. The summed E-state index contributed by atoms with van der Waals surface area (Å²) in [5.41, 5.74) is 15.4. The number of hydrogen-bond donors (Lipinski definition) is 6. The van der Waals surface area contributed by atoms with E-state index in [1.807, 2.05) is 66.9 Å². The molecule has 5 heterocycles. The van der Waals surface area contributed by atoms with Crippen molar-refractivity contribution in [1.82, 2.24) is 15.0 Å². The first-order chi connectivity index (χ1) is 29.3. The molecule has 2 aliphatic rings. The number of amides is 2. The van der Waals surface area contributed by atoms with E-state index >= 15 is 0 Å². The molecule has 16 heteroatoms. The van der Waals surface area contributed by atoms with Gasteiger partial charge < -0.3 is 31.3 Å². The van der Waals surface area contributed by atoms with Gasteiger partial charge in [-0.05, 0) is 114 Å². The van der Waals surface area contributed by atoms with Gasteiger partial charge in [0.15, 0.2) is 3.23 Å². The quantitative estimate of drug-likeness (QED) is 0.0872. The molecule has 2 aliphatic heterocycles. The first kappa shape index (κ1) is 43.7. The van der Waals surface area contributed by atoms with Crippen LogP contribution in [-0.4, -0.2) is 26.8 Å². The summed E-state index contributed by atoms with van der Waals surface area (Å²) >= 11 is 18.1. The number of rotatable bonds is 1. The average molecular weight is 974 g/mol. The van der Waals surface area contributed by atoms with Crippen LogP contribution in [0, 0.1) is 45.3 Å². The van der Waals surface area contributed by atoms with E-state index < -0.39 is 3.23 Å². The molecule has 0 fully saturated rings. The Morgan fingerprint density at radius 1 is 0.607 bits per heavy atom. The number of nitrogens with zero attached hydrogens (tertiary/aromatic N) is 4. The second kappa shape index (κ2) is 19.5. The maximum Gasteiger partial charge on any atom is 0.256 e. The number of aromatic nitrogens is 3. The molecular formula is C45H30Br2Cl2N10O2. The molecule has 0 spiro atoms. The highest BCUT2D eigenvalue weighted by Gasteiger charge is 2.42. The molecule has 0 bridgehead atoms. The zero-order chi connectivity index (χ0) is 43.7. The van der Waals surface area contributed by atoms with Crippen LogP contribution in [0.5, 0.6) is 0 Å². The Kier molecular flexibility index (Phi) is 13.9. The number of fused-ring (bicyclic) bond motifs is 5. The molecule has 0 aliphatic carbocycles. The fraction of sp³-hybridized carbons (Fsp3) is 0.0667.